The monoisotopic (exact) mass is 658 g/mol. The van der Waals surface area contributed by atoms with Crippen LogP contribution in [0.2, 0.25) is 0 Å². The van der Waals surface area contributed by atoms with Gasteiger partial charge in [-0.2, -0.15) is 0 Å². The number of aromatic nitrogens is 1. The van der Waals surface area contributed by atoms with Gasteiger partial charge in [0.2, 0.25) is 23.6 Å². The highest BCUT2D eigenvalue weighted by Gasteiger charge is 2.40. The molecule has 0 saturated carbocycles. The van der Waals surface area contributed by atoms with Crippen molar-refractivity contribution in [1.29, 1.82) is 0 Å². The van der Waals surface area contributed by atoms with Gasteiger partial charge in [-0.05, 0) is 63.7 Å². The van der Waals surface area contributed by atoms with E-state index in [9.17, 15) is 19.2 Å². The van der Waals surface area contributed by atoms with Crippen molar-refractivity contribution in [2.24, 2.45) is 5.41 Å². The van der Waals surface area contributed by atoms with E-state index in [2.05, 4.69) is 36.7 Å². The normalized spacial score (nSPS) is 24.7. The third-order valence-electron chi connectivity index (χ3n) is 10.00. The minimum absolute atomic E-state index is 0.107. The predicted molar refractivity (Wildman–Crippen MR) is 177 cm³/mol. The zero-order valence-electron chi connectivity index (χ0n) is 28.3. The van der Waals surface area contributed by atoms with Crippen LogP contribution in [0.25, 0.3) is 0 Å². The van der Waals surface area contributed by atoms with E-state index < -0.39 is 5.54 Å². The lowest BCUT2D eigenvalue weighted by Gasteiger charge is -2.42. The van der Waals surface area contributed by atoms with E-state index in [0.29, 0.717) is 78.0 Å². The van der Waals surface area contributed by atoms with Gasteiger partial charge in [-0.3, -0.25) is 19.2 Å². The van der Waals surface area contributed by atoms with Gasteiger partial charge in [-0.1, -0.05) is 20.8 Å². The van der Waals surface area contributed by atoms with Crippen molar-refractivity contribution in [3.63, 3.8) is 0 Å². The average Bonchev–Trinajstić information content (AvgIpc) is 3.37. The molecule has 1 aromatic rings. The van der Waals surface area contributed by atoms with Crippen molar-refractivity contribution in [3.8, 4) is 0 Å². The first-order valence-electron chi connectivity index (χ1n) is 17.3. The number of hydrogen-bond acceptors (Lipinski definition) is 8. The molecule has 1 atom stereocenters. The van der Waals surface area contributed by atoms with Crippen LogP contribution in [0.5, 0.6) is 0 Å². The van der Waals surface area contributed by atoms with Gasteiger partial charge in [0.25, 0.3) is 0 Å². The second kappa shape index (κ2) is 15.1. The maximum atomic E-state index is 13.8. The van der Waals surface area contributed by atoms with Crippen LogP contribution in [0.15, 0.2) is 0 Å². The second-order valence-corrected chi connectivity index (χ2v) is 16.3. The number of amides is 4. The molecule has 6 heterocycles. The third kappa shape index (κ3) is 9.28. The molecule has 5 aliphatic rings. The Morgan fingerprint density at radius 3 is 2.39 bits per heavy atom. The first-order chi connectivity index (χ1) is 21.9. The average molecular weight is 659 g/mol. The van der Waals surface area contributed by atoms with Crippen LogP contribution in [0.1, 0.15) is 106 Å². The summed E-state index contributed by atoms with van der Waals surface area (Å²) in [6.45, 7) is 12.4. The number of nitrogens with one attached hydrogen (secondary N) is 3. The van der Waals surface area contributed by atoms with Gasteiger partial charge in [0.05, 0.1) is 28.7 Å². The molecule has 11 nitrogen and oxygen atoms in total. The highest BCUT2D eigenvalue weighted by molar-refractivity contribution is 7.11. The van der Waals surface area contributed by atoms with Crippen LogP contribution in [0, 0.1) is 12.3 Å². The highest BCUT2D eigenvalue weighted by Crippen LogP contribution is 2.34. The lowest BCUT2D eigenvalue weighted by molar-refractivity contribution is -0.136. The SMILES string of the molecule is Cc1sc2nc1CC(=O)NC1(CCN(C(=O)CC(C)(C)C)CC1)CC(=O)NCCC[C@H](NC1CCOCC1)C(=O)N1CCC2CC1. The van der Waals surface area contributed by atoms with Gasteiger partial charge in [0.1, 0.15) is 0 Å². The van der Waals surface area contributed by atoms with E-state index in [4.69, 9.17) is 9.72 Å². The molecule has 4 amide bonds. The fourth-order valence-electron chi connectivity index (χ4n) is 7.27. The quantitative estimate of drug-likeness (QED) is 0.455. The molecule has 46 heavy (non-hydrogen) atoms. The lowest BCUT2D eigenvalue weighted by Crippen LogP contribution is -2.58. The second-order valence-electron chi connectivity index (χ2n) is 15.1. The van der Waals surface area contributed by atoms with Crippen LogP contribution in [-0.2, 0) is 30.3 Å². The molecule has 6 rings (SSSR count). The number of likely N-dealkylation sites (tertiary alicyclic amines) is 1. The van der Waals surface area contributed by atoms with Crippen molar-refractivity contribution in [3.05, 3.63) is 15.6 Å². The van der Waals surface area contributed by atoms with Crippen LogP contribution < -0.4 is 16.0 Å². The van der Waals surface area contributed by atoms with Crippen LogP contribution in [0.4, 0.5) is 0 Å². The van der Waals surface area contributed by atoms with Gasteiger partial charge < -0.3 is 30.5 Å². The zero-order chi connectivity index (χ0) is 32.9. The summed E-state index contributed by atoms with van der Waals surface area (Å²) in [6.07, 6.45) is 6.62. The fourth-order valence-corrected chi connectivity index (χ4v) is 8.38. The molecule has 1 aromatic heterocycles. The first kappa shape index (κ1) is 34.8. The van der Waals surface area contributed by atoms with E-state index in [1.807, 2.05) is 16.7 Å². The van der Waals surface area contributed by atoms with Crippen molar-refractivity contribution >= 4 is 35.0 Å². The Morgan fingerprint density at radius 2 is 1.72 bits per heavy atom. The Morgan fingerprint density at radius 1 is 1.02 bits per heavy atom. The summed E-state index contributed by atoms with van der Waals surface area (Å²) < 4.78 is 5.54. The number of ether oxygens (including phenoxy) is 1. The van der Waals surface area contributed by atoms with E-state index in [0.717, 1.165) is 41.3 Å². The molecule has 3 saturated heterocycles. The molecule has 12 heteroatoms. The van der Waals surface area contributed by atoms with Crippen molar-refractivity contribution in [1.82, 2.24) is 30.7 Å². The van der Waals surface area contributed by atoms with E-state index >= 15 is 0 Å². The summed E-state index contributed by atoms with van der Waals surface area (Å²) in [5.74, 6) is 0.275. The minimum Gasteiger partial charge on any atom is -0.381 e. The zero-order valence-corrected chi connectivity index (χ0v) is 29.1. The number of hydrogen-bond donors (Lipinski definition) is 3. The fraction of sp³-hybridized carbons (Fsp3) is 0.794. The number of fused-ring (bicyclic) bond motifs is 11. The van der Waals surface area contributed by atoms with Crippen LogP contribution in [0.3, 0.4) is 0 Å². The van der Waals surface area contributed by atoms with E-state index in [1.165, 1.54) is 0 Å². The van der Waals surface area contributed by atoms with Gasteiger partial charge in [0.15, 0.2) is 0 Å². The molecule has 3 N–H and O–H groups in total. The number of aryl methyl sites for hydroxylation is 1. The maximum absolute atomic E-state index is 13.8. The van der Waals surface area contributed by atoms with Crippen LogP contribution >= 0.6 is 11.3 Å². The molecular weight excluding hydrogens is 604 g/mol. The molecule has 1 spiro atoms. The lowest BCUT2D eigenvalue weighted by atomic mass is 9.83. The van der Waals surface area contributed by atoms with Crippen LogP contribution in [-0.4, -0.2) is 102 Å². The summed E-state index contributed by atoms with van der Waals surface area (Å²) >= 11 is 1.66. The Balaban J connectivity index is 1.32. The van der Waals surface area contributed by atoms with E-state index in [1.54, 1.807) is 11.3 Å². The number of carbonyl (C=O) groups is 4. The molecule has 0 aliphatic carbocycles. The van der Waals surface area contributed by atoms with E-state index in [-0.39, 0.29) is 59.9 Å². The maximum Gasteiger partial charge on any atom is 0.239 e. The molecule has 4 bridgehead atoms. The van der Waals surface area contributed by atoms with Crippen molar-refractivity contribution in [2.45, 2.75) is 122 Å². The summed E-state index contributed by atoms with van der Waals surface area (Å²) in [6, 6.07) is -0.0503. The van der Waals surface area contributed by atoms with Crippen molar-refractivity contribution in [2.75, 3.05) is 45.9 Å². The first-order valence-corrected chi connectivity index (χ1v) is 18.2. The Hall–Kier alpha value is -2.57. The predicted octanol–water partition coefficient (Wildman–Crippen LogP) is 3.05. The summed E-state index contributed by atoms with van der Waals surface area (Å²) in [5.41, 5.74) is -0.0544. The molecule has 256 valence electrons. The summed E-state index contributed by atoms with van der Waals surface area (Å²) in [7, 11) is 0. The van der Waals surface area contributed by atoms with Gasteiger partial charge in [-0.25, -0.2) is 4.98 Å². The Labute approximate surface area is 278 Å². The van der Waals surface area contributed by atoms with Gasteiger partial charge in [0, 0.05) is 75.6 Å². The largest absolute Gasteiger partial charge is 0.381 e. The number of rotatable bonds is 3. The minimum atomic E-state index is -0.732. The molecule has 0 aromatic carbocycles. The standard InChI is InChI=1S/C34H54N6O5S/c1-23-27-20-28(41)38-34(11-16-39(17-12-34)30(43)22-33(2,3)4)21-29(42)35-13-5-6-26(36-25-9-18-45-19-10-25)32(44)40-14-7-24(8-15-40)31(37-27)46-23/h24-26,36H,5-22H2,1-4H3,(H,35,42)(H,38,41)/t26-/m0/s1. The third-order valence-corrected chi connectivity index (χ3v) is 11.2. The van der Waals surface area contributed by atoms with Gasteiger partial charge in [-0.15, -0.1) is 11.3 Å². The molecule has 3 fully saturated rings. The number of thiazole rings is 1. The smallest absolute Gasteiger partial charge is 0.239 e. The van der Waals surface area contributed by atoms with Crippen molar-refractivity contribution < 1.29 is 23.9 Å². The number of nitrogens with zero attached hydrogens (tertiary/aromatic N) is 3. The molecule has 0 unspecified atom stereocenters. The summed E-state index contributed by atoms with van der Waals surface area (Å²) in [5, 5.41) is 11.0. The topological polar surface area (TPSA) is 133 Å². The number of carbonyl (C=O) groups excluding carboxylic acids is 4. The Kier molecular flexibility index (Phi) is 11.4. The summed E-state index contributed by atoms with van der Waals surface area (Å²) in [4.78, 5) is 63.5. The number of piperidine rings is 2. The highest BCUT2D eigenvalue weighted by atomic mass is 32.1. The Bertz CT molecular complexity index is 1240. The molecular formula is C34H54N6O5S. The van der Waals surface area contributed by atoms with Gasteiger partial charge >= 0.3 is 0 Å². The molecule has 5 aliphatic heterocycles. The molecule has 0 radical (unpaired) electrons.